The zero-order valence-corrected chi connectivity index (χ0v) is 23.6. The molecule has 0 N–H and O–H groups in total. The standard InChI is InChI=1S/C31H32O8S/c1-20(32)37-29-28(25-16-15-23(34-3)17-26(25)35-4)39-27(19-36-18-22-11-7-5-8-12-22)31(30(29)38-21(2)33)40-24-13-9-6-10-14-24/h5-17,28-30H,18-19H2,1-4H3/t28-,29-,30+/m0/s1. The number of rotatable bonds is 11. The fourth-order valence-corrected chi connectivity index (χ4v) is 5.39. The molecule has 210 valence electrons. The smallest absolute Gasteiger partial charge is 0.303 e. The molecule has 0 radical (unpaired) electrons. The van der Waals surface area contributed by atoms with E-state index in [9.17, 15) is 9.59 Å². The molecule has 3 aromatic rings. The fourth-order valence-electron chi connectivity index (χ4n) is 4.33. The van der Waals surface area contributed by atoms with Crippen LogP contribution in [-0.4, -0.2) is 45.0 Å². The molecule has 0 aliphatic carbocycles. The van der Waals surface area contributed by atoms with E-state index in [2.05, 4.69) is 0 Å². The van der Waals surface area contributed by atoms with Crippen LogP contribution in [0.5, 0.6) is 11.5 Å². The molecule has 0 saturated carbocycles. The van der Waals surface area contributed by atoms with Crippen LogP contribution in [0.15, 0.2) is 94.4 Å². The Morgan fingerprint density at radius 3 is 2.12 bits per heavy atom. The summed E-state index contributed by atoms with van der Waals surface area (Å²) >= 11 is 1.37. The molecule has 0 spiro atoms. The fraction of sp³-hybridized carbons (Fsp3) is 0.290. The first kappa shape index (κ1) is 29.0. The second-order valence-electron chi connectivity index (χ2n) is 8.93. The Balaban J connectivity index is 1.80. The van der Waals surface area contributed by atoms with E-state index in [1.165, 1.54) is 32.7 Å². The molecule has 0 bridgehead atoms. The maximum Gasteiger partial charge on any atom is 0.303 e. The van der Waals surface area contributed by atoms with E-state index in [1.807, 2.05) is 60.7 Å². The lowest BCUT2D eigenvalue weighted by molar-refractivity contribution is -0.177. The number of benzene rings is 3. The zero-order valence-electron chi connectivity index (χ0n) is 22.8. The molecule has 4 rings (SSSR count). The number of ether oxygens (including phenoxy) is 6. The molecule has 0 aromatic heterocycles. The maximum atomic E-state index is 12.4. The van der Waals surface area contributed by atoms with Gasteiger partial charge in [0.1, 0.15) is 23.9 Å². The minimum Gasteiger partial charge on any atom is -0.497 e. The van der Waals surface area contributed by atoms with Crippen LogP contribution in [-0.2, 0) is 35.1 Å². The van der Waals surface area contributed by atoms with E-state index in [0.717, 1.165) is 10.5 Å². The summed E-state index contributed by atoms with van der Waals surface area (Å²) in [6, 6.07) is 24.6. The summed E-state index contributed by atoms with van der Waals surface area (Å²) < 4.78 is 35.3. The van der Waals surface area contributed by atoms with Crippen molar-refractivity contribution in [3.8, 4) is 11.5 Å². The summed E-state index contributed by atoms with van der Waals surface area (Å²) in [6.07, 6.45) is -2.84. The predicted octanol–water partition coefficient (Wildman–Crippen LogP) is 5.86. The van der Waals surface area contributed by atoms with Gasteiger partial charge < -0.3 is 28.4 Å². The summed E-state index contributed by atoms with van der Waals surface area (Å²) in [4.78, 5) is 26.2. The topological polar surface area (TPSA) is 89.5 Å². The van der Waals surface area contributed by atoms with Crippen LogP contribution in [0.25, 0.3) is 0 Å². The summed E-state index contributed by atoms with van der Waals surface area (Å²) in [5.74, 6) is 0.435. The lowest BCUT2D eigenvalue weighted by Crippen LogP contribution is -2.44. The monoisotopic (exact) mass is 564 g/mol. The number of methoxy groups -OCH3 is 2. The Bertz CT molecular complexity index is 1330. The van der Waals surface area contributed by atoms with E-state index in [0.29, 0.717) is 34.3 Å². The highest BCUT2D eigenvalue weighted by molar-refractivity contribution is 8.03. The third-order valence-electron chi connectivity index (χ3n) is 6.06. The Hall–Kier alpha value is -3.95. The van der Waals surface area contributed by atoms with Gasteiger partial charge in [0.15, 0.2) is 18.3 Å². The highest BCUT2D eigenvalue weighted by Gasteiger charge is 2.46. The Kier molecular flexibility index (Phi) is 10.1. The first-order valence-electron chi connectivity index (χ1n) is 12.7. The van der Waals surface area contributed by atoms with Gasteiger partial charge in [-0.2, -0.15) is 0 Å². The van der Waals surface area contributed by atoms with Gasteiger partial charge in [0, 0.05) is 30.4 Å². The molecule has 40 heavy (non-hydrogen) atoms. The number of hydrogen-bond acceptors (Lipinski definition) is 9. The number of esters is 2. The summed E-state index contributed by atoms with van der Waals surface area (Å²) in [7, 11) is 3.09. The third-order valence-corrected chi connectivity index (χ3v) is 7.24. The Morgan fingerprint density at radius 1 is 0.825 bits per heavy atom. The van der Waals surface area contributed by atoms with Crippen molar-refractivity contribution in [2.45, 2.75) is 43.7 Å². The molecule has 3 atom stereocenters. The molecule has 0 fully saturated rings. The molecule has 0 unspecified atom stereocenters. The second kappa shape index (κ2) is 13.9. The average molecular weight is 565 g/mol. The van der Waals surface area contributed by atoms with Gasteiger partial charge in [0.2, 0.25) is 0 Å². The molecule has 0 amide bonds. The van der Waals surface area contributed by atoms with Gasteiger partial charge in [-0.25, -0.2) is 0 Å². The van der Waals surface area contributed by atoms with E-state index in [-0.39, 0.29) is 6.61 Å². The van der Waals surface area contributed by atoms with Crippen molar-refractivity contribution in [1.82, 2.24) is 0 Å². The van der Waals surface area contributed by atoms with Gasteiger partial charge in [0.25, 0.3) is 0 Å². The molecule has 3 aromatic carbocycles. The first-order chi connectivity index (χ1) is 19.4. The molecule has 1 aliphatic heterocycles. The van der Waals surface area contributed by atoms with Crippen LogP contribution in [0.1, 0.15) is 31.1 Å². The molecular formula is C31H32O8S. The van der Waals surface area contributed by atoms with Crippen LogP contribution >= 0.6 is 11.8 Å². The molecule has 1 heterocycles. The van der Waals surface area contributed by atoms with E-state index >= 15 is 0 Å². The zero-order chi connectivity index (χ0) is 28.5. The maximum absolute atomic E-state index is 12.4. The number of carbonyl (C=O) groups excluding carboxylic acids is 2. The number of thioether (sulfide) groups is 1. The van der Waals surface area contributed by atoms with Crippen molar-refractivity contribution in [3.63, 3.8) is 0 Å². The third kappa shape index (κ3) is 7.37. The largest absolute Gasteiger partial charge is 0.497 e. The van der Waals surface area contributed by atoms with Crippen molar-refractivity contribution in [1.29, 1.82) is 0 Å². The lowest BCUT2D eigenvalue weighted by Gasteiger charge is -2.39. The Labute approximate surface area is 238 Å². The van der Waals surface area contributed by atoms with Crippen LogP contribution in [0.4, 0.5) is 0 Å². The Morgan fingerprint density at radius 2 is 1.50 bits per heavy atom. The lowest BCUT2D eigenvalue weighted by atomic mass is 9.95. The molecule has 1 aliphatic rings. The van der Waals surface area contributed by atoms with Crippen molar-refractivity contribution in [3.05, 3.63) is 101 Å². The van der Waals surface area contributed by atoms with E-state index in [1.54, 1.807) is 25.3 Å². The molecule has 0 saturated heterocycles. The number of carbonyl (C=O) groups is 2. The van der Waals surface area contributed by atoms with Gasteiger partial charge in [-0.15, -0.1) is 0 Å². The van der Waals surface area contributed by atoms with Crippen molar-refractivity contribution in [2.75, 3.05) is 20.8 Å². The van der Waals surface area contributed by atoms with Crippen molar-refractivity contribution >= 4 is 23.7 Å². The minimum atomic E-state index is -1.01. The normalized spacial score (nSPS) is 18.4. The van der Waals surface area contributed by atoms with Crippen molar-refractivity contribution in [2.24, 2.45) is 0 Å². The summed E-state index contributed by atoms with van der Waals surface area (Å²) in [5.41, 5.74) is 1.59. The molecular weight excluding hydrogens is 532 g/mol. The van der Waals surface area contributed by atoms with Crippen LogP contribution in [0.2, 0.25) is 0 Å². The van der Waals surface area contributed by atoms with Gasteiger partial charge in [0.05, 0.1) is 25.7 Å². The summed E-state index contributed by atoms with van der Waals surface area (Å²) in [6.45, 7) is 3.06. The molecule has 8 nitrogen and oxygen atoms in total. The molecule has 9 heteroatoms. The van der Waals surface area contributed by atoms with Crippen LogP contribution < -0.4 is 9.47 Å². The average Bonchev–Trinajstić information content (AvgIpc) is 2.96. The van der Waals surface area contributed by atoms with Gasteiger partial charge in [-0.1, -0.05) is 60.3 Å². The van der Waals surface area contributed by atoms with Gasteiger partial charge >= 0.3 is 11.9 Å². The van der Waals surface area contributed by atoms with Crippen LogP contribution in [0, 0.1) is 0 Å². The van der Waals surface area contributed by atoms with Crippen LogP contribution in [0.3, 0.4) is 0 Å². The van der Waals surface area contributed by atoms with Crippen molar-refractivity contribution < 1.29 is 38.0 Å². The highest BCUT2D eigenvalue weighted by atomic mass is 32.2. The minimum absolute atomic E-state index is 0.0869. The SMILES string of the molecule is COc1ccc([C@@H]2OC(COCc3ccccc3)=C(Sc3ccccc3)[C@H](OC(C)=O)[C@H]2OC(C)=O)c(OC)c1. The first-order valence-corrected chi connectivity index (χ1v) is 13.5. The van der Waals surface area contributed by atoms with Gasteiger partial charge in [-0.3, -0.25) is 9.59 Å². The quantitative estimate of drug-likeness (QED) is 0.266. The number of hydrogen-bond donors (Lipinski definition) is 0. The van der Waals surface area contributed by atoms with E-state index in [4.69, 9.17) is 28.4 Å². The van der Waals surface area contributed by atoms with E-state index < -0.39 is 30.3 Å². The summed E-state index contributed by atoms with van der Waals surface area (Å²) in [5, 5.41) is 0. The highest BCUT2D eigenvalue weighted by Crippen LogP contribution is 2.46. The predicted molar refractivity (Wildman–Crippen MR) is 150 cm³/mol. The second-order valence-corrected chi connectivity index (χ2v) is 10.0. The van der Waals surface area contributed by atoms with Gasteiger partial charge in [-0.05, 0) is 29.8 Å².